The van der Waals surface area contributed by atoms with Gasteiger partial charge in [0.2, 0.25) is 0 Å². The molecule has 1 aliphatic rings. The number of urea groups is 1. The molecule has 25 heavy (non-hydrogen) atoms. The third-order valence-electron chi connectivity index (χ3n) is 5.00. The SMILES string of the molecule is CC(O)CC(CNC(=O)N(C)CC1CCCN(C)C1)c1ccccc1. The number of benzene rings is 1. The van der Waals surface area contributed by atoms with Crippen molar-refractivity contribution in [1.82, 2.24) is 15.1 Å². The molecule has 0 aliphatic carbocycles. The van der Waals surface area contributed by atoms with Gasteiger partial charge in [-0.3, -0.25) is 0 Å². The van der Waals surface area contributed by atoms with E-state index in [2.05, 4.69) is 29.4 Å². The van der Waals surface area contributed by atoms with Crippen LogP contribution in [0.5, 0.6) is 0 Å². The summed E-state index contributed by atoms with van der Waals surface area (Å²) in [5, 5.41) is 12.8. The molecule has 1 aliphatic heterocycles. The van der Waals surface area contributed by atoms with Crippen LogP contribution in [0.2, 0.25) is 0 Å². The molecule has 0 bridgehead atoms. The minimum Gasteiger partial charge on any atom is -0.393 e. The Bertz CT molecular complexity index is 521. The van der Waals surface area contributed by atoms with Gasteiger partial charge < -0.3 is 20.2 Å². The molecule has 1 saturated heterocycles. The van der Waals surface area contributed by atoms with Crippen LogP contribution in [-0.2, 0) is 0 Å². The quantitative estimate of drug-likeness (QED) is 0.797. The number of rotatable bonds is 7. The highest BCUT2D eigenvalue weighted by Gasteiger charge is 2.21. The van der Waals surface area contributed by atoms with E-state index >= 15 is 0 Å². The van der Waals surface area contributed by atoms with Crippen LogP contribution >= 0.6 is 0 Å². The lowest BCUT2D eigenvalue weighted by molar-refractivity contribution is 0.159. The van der Waals surface area contributed by atoms with Gasteiger partial charge in [0.1, 0.15) is 0 Å². The Labute approximate surface area is 152 Å². The third kappa shape index (κ3) is 6.67. The second-order valence-electron chi connectivity index (χ2n) is 7.53. The lowest BCUT2D eigenvalue weighted by Crippen LogP contribution is -2.44. The predicted molar refractivity (Wildman–Crippen MR) is 102 cm³/mol. The first-order valence-electron chi connectivity index (χ1n) is 9.36. The van der Waals surface area contributed by atoms with Gasteiger partial charge in [-0.2, -0.15) is 0 Å². The summed E-state index contributed by atoms with van der Waals surface area (Å²) in [5.41, 5.74) is 1.15. The summed E-state index contributed by atoms with van der Waals surface area (Å²) in [6.07, 6.45) is 2.65. The molecule has 1 heterocycles. The van der Waals surface area contributed by atoms with Crippen molar-refractivity contribution in [2.75, 3.05) is 40.3 Å². The van der Waals surface area contributed by atoms with E-state index in [1.54, 1.807) is 11.8 Å². The molecule has 0 saturated carbocycles. The number of piperidine rings is 1. The van der Waals surface area contributed by atoms with Crippen molar-refractivity contribution in [1.29, 1.82) is 0 Å². The largest absolute Gasteiger partial charge is 0.393 e. The highest BCUT2D eigenvalue weighted by atomic mass is 16.3. The number of nitrogens with zero attached hydrogens (tertiary/aromatic N) is 2. The third-order valence-corrected chi connectivity index (χ3v) is 5.00. The number of carbonyl (C=O) groups is 1. The van der Waals surface area contributed by atoms with Crippen molar-refractivity contribution in [3.8, 4) is 0 Å². The second-order valence-corrected chi connectivity index (χ2v) is 7.53. The second kappa shape index (κ2) is 9.78. The fraction of sp³-hybridized carbons (Fsp3) is 0.650. The van der Waals surface area contributed by atoms with Crippen molar-refractivity contribution in [3.63, 3.8) is 0 Å². The average molecular weight is 348 g/mol. The minimum absolute atomic E-state index is 0.0280. The number of likely N-dealkylation sites (tertiary alicyclic amines) is 1. The summed E-state index contributed by atoms with van der Waals surface area (Å²) in [5.74, 6) is 0.677. The van der Waals surface area contributed by atoms with Gasteiger partial charge in [-0.25, -0.2) is 4.79 Å². The molecule has 5 nitrogen and oxygen atoms in total. The van der Waals surface area contributed by atoms with E-state index in [4.69, 9.17) is 0 Å². The smallest absolute Gasteiger partial charge is 0.317 e. The highest BCUT2D eigenvalue weighted by Crippen LogP contribution is 2.21. The molecule has 0 aromatic heterocycles. The Kier molecular flexibility index (Phi) is 7.72. The number of amides is 2. The van der Waals surface area contributed by atoms with E-state index in [9.17, 15) is 9.90 Å². The van der Waals surface area contributed by atoms with Gasteiger partial charge in [0.05, 0.1) is 6.10 Å². The van der Waals surface area contributed by atoms with Crippen LogP contribution in [0.3, 0.4) is 0 Å². The minimum atomic E-state index is -0.391. The Morgan fingerprint density at radius 3 is 2.76 bits per heavy atom. The molecule has 2 N–H and O–H groups in total. The molecule has 2 amide bonds. The van der Waals surface area contributed by atoms with Crippen LogP contribution in [0.1, 0.15) is 37.7 Å². The highest BCUT2D eigenvalue weighted by molar-refractivity contribution is 5.73. The Balaban J connectivity index is 1.85. The first kappa shape index (κ1) is 19.7. The van der Waals surface area contributed by atoms with Gasteiger partial charge in [0.15, 0.2) is 0 Å². The normalized spacial score (nSPS) is 20.7. The predicted octanol–water partition coefficient (Wildman–Crippen LogP) is 2.52. The molecular weight excluding hydrogens is 314 g/mol. The lowest BCUT2D eigenvalue weighted by Gasteiger charge is -2.32. The first-order valence-corrected chi connectivity index (χ1v) is 9.36. The summed E-state index contributed by atoms with van der Waals surface area (Å²) in [6, 6.07) is 10.1. The van der Waals surface area contributed by atoms with Crippen molar-refractivity contribution in [3.05, 3.63) is 35.9 Å². The Morgan fingerprint density at radius 1 is 1.40 bits per heavy atom. The number of carbonyl (C=O) groups excluding carboxylic acids is 1. The molecule has 2 rings (SSSR count). The van der Waals surface area contributed by atoms with Gasteiger partial charge in [-0.15, -0.1) is 0 Å². The van der Waals surface area contributed by atoms with Crippen molar-refractivity contribution in [2.24, 2.45) is 5.92 Å². The maximum absolute atomic E-state index is 12.5. The van der Waals surface area contributed by atoms with Gasteiger partial charge in [0, 0.05) is 32.6 Å². The van der Waals surface area contributed by atoms with E-state index in [0.717, 1.165) is 25.2 Å². The number of aliphatic hydroxyl groups excluding tert-OH is 1. The zero-order valence-corrected chi connectivity index (χ0v) is 15.8. The zero-order chi connectivity index (χ0) is 18.2. The van der Waals surface area contributed by atoms with Crippen LogP contribution in [0, 0.1) is 5.92 Å². The topological polar surface area (TPSA) is 55.8 Å². The Morgan fingerprint density at radius 2 is 2.12 bits per heavy atom. The average Bonchev–Trinajstić information content (AvgIpc) is 2.58. The van der Waals surface area contributed by atoms with Gasteiger partial charge in [0.25, 0.3) is 0 Å². The van der Waals surface area contributed by atoms with Crippen molar-refractivity contribution >= 4 is 6.03 Å². The molecular formula is C20H33N3O2. The summed E-state index contributed by atoms with van der Waals surface area (Å²) < 4.78 is 0. The maximum Gasteiger partial charge on any atom is 0.317 e. The first-order chi connectivity index (χ1) is 12.0. The van der Waals surface area contributed by atoms with Crippen LogP contribution < -0.4 is 5.32 Å². The number of hydrogen-bond acceptors (Lipinski definition) is 3. The molecule has 0 spiro atoms. The monoisotopic (exact) mass is 347 g/mol. The maximum atomic E-state index is 12.5. The number of nitrogens with one attached hydrogen (secondary N) is 1. The van der Waals surface area contributed by atoms with Crippen molar-refractivity contribution < 1.29 is 9.90 Å². The van der Waals surface area contributed by atoms with Crippen LogP contribution in [0.15, 0.2) is 30.3 Å². The molecule has 140 valence electrons. The summed E-state index contributed by atoms with van der Waals surface area (Å²) in [7, 11) is 4.02. The molecule has 1 fully saturated rings. The van der Waals surface area contributed by atoms with E-state index in [0.29, 0.717) is 18.9 Å². The summed E-state index contributed by atoms with van der Waals surface area (Å²) in [4.78, 5) is 16.6. The van der Waals surface area contributed by atoms with Gasteiger partial charge in [-0.05, 0) is 51.3 Å². The van der Waals surface area contributed by atoms with Gasteiger partial charge >= 0.3 is 6.03 Å². The fourth-order valence-electron chi connectivity index (χ4n) is 3.71. The summed E-state index contributed by atoms with van der Waals surface area (Å²) >= 11 is 0. The fourth-order valence-corrected chi connectivity index (χ4v) is 3.71. The van der Waals surface area contributed by atoms with Crippen LogP contribution in [-0.4, -0.2) is 67.3 Å². The molecule has 0 radical (unpaired) electrons. The van der Waals surface area contributed by atoms with E-state index in [1.807, 2.05) is 25.2 Å². The molecule has 1 aromatic rings. The molecule has 5 heteroatoms. The molecule has 1 aromatic carbocycles. The van der Waals surface area contributed by atoms with Crippen LogP contribution in [0.25, 0.3) is 0 Å². The van der Waals surface area contributed by atoms with E-state index in [1.165, 1.54) is 12.8 Å². The molecule has 3 atom stereocenters. The number of aliphatic hydroxyl groups is 1. The van der Waals surface area contributed by atoms with E-state index in [-0.39, 0.29) is 11.9 Å². The van der Waals surface area contributed by atoms with Crippen molar-refractivity contribution in [2.45, 2.75) is 38.2 Å². The van der Waals surface area contributed by atoms with E-state index < -0.39 is 6.10 Å². The van der Waals surface area contributed by atoms with Crippen LogP contribution in [0.4, 0.5) is 4.79 Å². The van der Waals surface area contributed by atoms with Gasteiger partial charge in [-0.1, -0.05) is 30.3 Å². The number of hydrogen-bond donors (Lipinski definition) is 2. The summed E-state index contributed by atoms with van der Waals surface area (Å²) in [6.45, 7) is 5.35. The Hall–Kier alpha value is -1.59. The lowest BCUT2D eigenvalue weighted by atomic mass is 9.93. The standard InChI is InChI=1S/C20H33N3O2/c1-16(24)12-19(18-9-5-4-6-10-18)13-21-20(25)23(3)15-17-8-7-11-22(2)14-17/h4-6,9-10,16-17,19,24H,7-8,11-15H2,1-3H3,(H,21,25). The zero-order valence-electron chi connectivity index (χ0n) is 15.8. The molecule has 3 unspecified atom stereocenters.